The van der Waals surface area contributed by atoms with Crippen LogP contribution in [-0.2, 0) is 4.79 Å². The molecule has 0 atom stereocenters. The van der Waals surface area contributed by atoms with Gasteiger partial charge in [0.15, 0.2) is 5.78 Å². The predicted molar refractivity (Wildman–Crippen MR) is 67.9 cm³/mol. The average molecular weight is 215 g/mol. The van der Waals surface area contributed by atoms with Crippen molar-refractivity contribution in [2.75, 3.05) is 7.05 Å². The van der Waals surface area contributed by atoms with Gasteiger partial charge in [-0.2, -0.15) is 0 Å². The van der Waals surface area contributed by atoms with E-state index >= 15 is 0 Å². The van der Waals surface area contributed by atoms with Gasteiger partial charge in [-0.15, -0.1) is 0 Å². The first-order valence-electron chi connectivity index (χ1n) is 5.27. The van der Waals surface area contributed by atoms with Gasteiger partial charge in [-0.3, -0.25) is 4.79 Å². The molecule has 0 radical (unpaired) electrons. The molecule has 0 aliphatic carbocycles. The van der Waals surface area contributed by atoms with Crippen LogP contribution >= 0.6 is 0 Å². The molecule has 2 nitrogen and oxygen atoms in total. The van der Waals surface area contributed by atoms with E-state index in [-0.39, 0.29) is 5.78 Å². The molecule has 0 heterocycles. The third-order valence-electron chi connectivity index (χ3n) is 2.06. The quantitative estimate of drug-likeness (QED) is 0.782. The maximum atomic E-state index is 12.0. The van der Waals surface area contributed by atoms with Crippen LogP contribution in [0.4, 0.5) is 0 Å². The summed E-state index contributed by atoms with van der Waals surface area (Å²) in [5, 5.41) is 2.91. The molecule has 0 aliphatic rings. The van der Waals surface area contributed by atoms with Crippen molar-refractivity contribution in [2.45, 2.75) is 13.8 Å². The van der Waals surface area contributed by atoms with Crippen molar-refractivity contribution in [3.8, 4) is 0 Å². The van der Waals surface area contributed by atoms with Gasteiger partial charge in [-0.1, -0.05) is 35.9 Å². The van der Waals surface area contributed by atoms with E-state index in [1.54, 1.807) is 19.3 Å². The number of rotatable bonds is 4. The molecular weight excluding hydrogens is 198 g/mol. The number of ketones is 1. The van der Waals surface area contributed by atoms with Gasteiger partial charge in [0.1, 0.15) is 0 Å². The lowest BCUT2D eigenvalue weighted by atomic mass is 10.0. The molecule has 16 heavy (non-hydrogen) atoms. The fourth-order valence-electron chi connectivity index (χ4n) is 1.40. The summed E-state index contributed by atoms with van der Waals surface area (Å²) in [7, 11) is 1.79. The molecule has 0 spiro atoms. The fourth-order valence-corrected chi connectivity index (χ4v) is 1.40. The van der Waals surface area contributed by atoms with Crippen LogP contribution in [-0.4, -0.2) is 12.8 Å². The Morgan fingerprint density at radius 3 is 2.31 bits per heavy atom. The fraction of sp³-hybridized carbons (Fsp3) is 0.214. The Balaban J connectivity index is 3.07. The van der Waals surface area contributed by atoms with Crippen LogP contribution < -0.4 is 5.32 Å². The third kappa shape index (κ3) is 3.39. The van der Waals surface area contributed by atoms with Crippen molar-refractivity contribution < 1.29 is 4.79 Å². The maximum Gasteiger partial charge on any atom is 0.187 e. The first-order valence-corrected chi connectivity index (χ1v) is 5.27. The first-order chi connectivity index (χ1) is 7.65. The molecule has 0 saturated heterocycles. The van der Waals surface area contributed by atoms with Crippen LogP contribution in [0.25, 0.3) is 5.57 Å². The summed E-state index contributed by atoms with van der Waals surface area (Å²) >= 11 is 0. The van der Waals surface area contributed by atoms with Crippen molar-refractivity contribution in [1.82, 2.24) is 5.32 Å². The summed E-state index contributed by atoms with van der Waals surface area (Å²) in [6.45, 7) is 3.83. The minimum Gasteiger partial charge on any atom is -0.393 e. The molecule has 1 N–H and O–H groups in total. The Bertz CT molecular complexity index is 412. The van der Waals surface area contributed by atoms with Gasteiger partial charge in [-0.25, -0.2) is 0 Å². The Morgan fingerprint density at radius 1 is 1.19 bits per heavy atom. The average Bonchev–Trinajstić information content (AvgIpc) is 2.26. The zero-order chi connectivity index (χ0) is 12.0. The van der Waals surface area contributed by atoms with Gasteiger partial charge in [0.25, 0.3) is 0 Å². The van der Waals surface area contributed by atoms with E-state index in [4.69, 9.17) is 0 Å². The largest absolute Gasteiger partial charge is 0.393 e. The van der Waals surface area contributed by atoms with Gasteiger partial charge in [-0.05, 0) is 25.5 Å². The highest BCUT2D eigenvalue weighted by Crippen LogP contribution is 2.15. The van der Waals surface area contributed by atoms with Crippen molar-refractivity contribution >= 4 is 11.4 Å². The predicted octanol–water partition coefficient (Wildman–Crippen LogP) is 2.78. The number of carbonyl (C=O) groups is 1. The molecule has 1 aromatic rings. The number of nitrogens with one attached hydrogen (secondary N) is 1. The molecule has 0 aliphatic heterocycles. The molecule has 2 heteroatoms. The number of hydrogen-bond acceptors (Lipinski definition) is 2. The topological polar surface area (TPSA) is 29.1 Å². The van der Waals surface area contributed by atoms with Gasteiger partial charge in [0.2, 0.25) is 0 Å². The summed E-state index contributed by atoms with van der Waals surface area (Å²) in [4.78, 5) is 12.0. The maximum absolute atomic E-state index is 12.0. The van der Waals surface area contributed by atoms with E-state index in [0.717, 1.165) is 11.1 Å². The highest BCUT2D eigenvalue weighted by Gasteiger charge is 2.08. The van der Waals surface area contributed by atoms with E-state index in [9.17, 15) is 4.79 Å². The number of benzene rings is 1. The van der Waals surface area contributed by atoms with Crippen LogP contribution in [0.1, 0.15) is 19.4 Å². The zero-order valence-electron chi connectivity index (χ0n) is 9.95. The van der Waals surface area contributed by atoms with Gasteiger partial charge in [0.05, 0.1) is 0 Å². The van der Waals surface area contributed by atoms with Crippen LogP contribution in [0, 0.1) is 0 Å². The number of allylic oxidation sites excluding steroid dienone is 3. The molecule has 0 saturated carbocycles. The third-order valence-corrected chi connectivity index (χ3v) is 2.06. The summed E-state index contributed by atoms with van der Waals surface area (Å²) in [5.74, 6) is 0.0283. The molecule has 0 unspecified atom stereocenters. The highest BCUT2D eigenvalue weighted by atomic mass is 16.1. The first kappa shape index (κ1) is 12.2. The Hall–Kier alpha value is -1.83. The molecule has 0 amide bonds. The molecule has 1 aromatic carbocycles. The van der Waals surface area contributed by atoms with E-state index in [2.05, 4.69) is 5.32 Å². The smallest absolute Gasteiger partial charge is 0.187 e. The Labute approximate surface area is 96.7 Å². The van der Waals surface area contributed by atoms with Gasteiger partial charge in [0, 0.05) is 18.8 Å². The van der Waals surface area contributed by atoms with E-state index < -0.39 is 0 Å². The lowest BCUT2D eigenvalue weighted by Gasteiger charge is -2.04. The summed E-state index contributed by atoms with van der Waals surface area (Å²) in [6.07, 6.45) is 3.38. The van der Waals surface area contributed by atoms with E-state index in [0.29, 0.717) is 5.57 Å². The highest BCUT2D eigenvalue weighted by molar-refractivity contribution is 6.26. The van der Waals surface area contributed by atoms with Crippen LogP contribution in [0.2, 0.25) is 0 Å². The Kier molecular flexibility index (Phi) is 4.52. The van der Waals surface area contributed by atoms with Crippen molar-refractivity contribution in [3.05, 3.63) is 53.7 Å². The number of hydrogen-bond donors (Lipinski definition) is 1. The molecule has 1 rings (SSSR count). The van der Waals surface area contributed by atoms with Crippen LogP contribution in [0.5, 0.6) is 0 Å². The molecular formula is C14H17NO. The SMILES string of the molecule is CN/C=C(\C(=O)C=C(C)C)c1ccccc1. The molecule has 0 bridgehead atoms. The number of carbonyl (C=O) groups excluding carboxylic acids is 1. The second kappa shape index (κ2) is 5.91. The monoisotopic (exact) mass is 215 g/mol. The van der Waals surface area contributed by atoms with Crippen LogP contribution in [0.3, 0.4) is 0 Å². The summed E-state index contributed by atoms with van der Waals surface area (Å²) in [6, 6.07) is 9.65. The van der Waals surface area contributed by atoms with Crippen molar-refractivity contribution in [3.63, 3.8) is 0 Å². The van der Waals surface area contributed by atoms with Crippen molar-refractivity contribution in [1.29, 1.82) is 0 Å². The lowest BCUT2D eigenvalue weighted by Crippen LogP contribution is -2.04. The van der Waals surface area contributed by atoms with Crippen molar-refractivity contribution in [2.24, 2.45) is 0 Å². The van der Waals surface area contributed by atoms with E-state index in [1.807, 2.05) is 44.2 Å². The normalized spacial score (nSPS) is 10.8. The van der Waals surface area contributed by atoms with E-state index in [1.165, 1.54) is 0 Å². The van der Waals surface area contributed by atoms with Gasteiger partial charge < -0.3 is 5.32 Å². The molecule has 84 valence electrons. The second-order valence-corrected chi connectivity index (χ2v) is 3.80. The minimum absolute atomic E-state index is 0.0283. The molecule has 0 aromatic heterocycles. The zero-order valence-corrected chi connectivity index (χ0v) is 9.95. The second-order valence-electron chi connectivity index (χ2n) is 3.80. The van der Waals surface area contributed by atoms with Gasteiger partial charge >= 0.3 is 0 Å². The lowest BCUT2D eigenvalue weighted by molar-refractivity contribution is -0.109. The molecule has 0 fully saturated rings. The standard InChI is InChI=1S/C14H17NO/c1-11(2)9-14(16)13(10-15-3)12-7-5-4-6-8-12/h4-10,15H,1-3H3/b13-10-. The Morgan fingerprint density at radius 2 is 1.81 bits per heavy atom. The summed E-state index contributed by atoms with van der Waals surface area (Å²) in [5.41, 5.74) is 2.62. The van der Waals surface area contributed by atoms with Crippen LogP contribution in [0.15, 0.2) is 48.2 Å². The minimum atomic E-state index is 0.0283. The summed E-state index contributed by atoms with van der Waals surface area (Å²) < 4.78 is 0.